The lowest BCUT2D eigenvalue weighted by Gasteiger charge is -2.31. The minimum Gasteiger partial charge on any atom is -0.466 e. The van der Waals surface area contributed by atoms with Gasteiger partial charge in [-0.2, -0.15) is 0 Å². The molecule has 8 heteroatoms. The smallest absolute Gasteiger partial charge is 0.310 e. The molecule has 1 amide bonds. The van der Waals surface area contributed by atoms with Crippen LogP contribution in [0.25, 0.3) is 0 Å². The molecule has 1 saturated heterocycles. The van der Waals surface area contributed by atoms with Crippen molar-refractivity contribution >= 4 is 27.5 Å². The summed E-state index contributed by atoms with van der Waals surface area (Å²) in [5.74, 6) is -1.47. The van der Waals surface area contributed by atoms with Crippen LogP contribution in [0.15, 0.2) is 52.3 Å². The molecule has 0 radical (unpaired) electrons. The lowest BCUT2D eigenvalue weighted by atomic mass is 9.97. The molecule has 7 nitrogen and oxygen atoms in total. The molecule has 0 aromatic heterocycles. The van der Waals surface area contributed by atoms with Crippen LogP contribution < -0.4 is 0 Å². The van der Waals surface area contributed by atoms with Crippen LogP contribution in [0, 0.1) is 5.92 Å². The fourth-order valence-electron chi connectivity index (χ4n) is 4.01. The van der Waals surface area contributed by atoms with Crippen molar-refractivity contribution in [2.45, 2.75) is 29.6 Å². The number of piperidine rings is 1. The second-order valence-electron chi connectivity index (χ2n) is 7.38. The van der Waals surface area contributed by atoms with Crippen molar-refractivity contribution in [1.82, 2.24) is 4.90 Å². The van der Waals surface area contributed by atoms with E-state index in [1.165, 1.54) is 35.2 Å². The van der Waals surface area contributed by atoms with E-state index in [9.17, 15) is 22.8 Å². The van der Waals surface area contributed by atoms with E-state index in [2.05, 4.69) is 0 Å². The number of benzene rings is 2. The Morgan fingerprint density at radius 3 is 2.60 bits per heavy atom. The number of hydrogen-bond acceptors (Lipinski definition) is 6. The number of ether oxygens (including phenoxy) is 1. The zero-order valence-corrected chi connectivity index (χ0v) is 17.3. The van der Waals surface area contributed by atoms with E-state index in [4.69, 9.17) is 4.74 Å². The van der Waals surface area contributed by atoms with Gasteiger partial charge in [0.25, 0.3) is 5.91 Å². The summed E-state index contributed by atoms with van der Waals surface area (Å²) in [6.45, 7) is 2.71. The number of hydrogen-bond donors (Lipinski definition) is 0. The first-order valence-corrected chi connectivity index (χ1v) is 11.3. The Morgan fingerprint density at radius 1 is 1.10 bits per heavy atom. The second kappa shape index (κ2) is 7.68. The van der Waals surface area contributed by atoms with Crippen molar-refractivity contribution in [3.8, 4) is 0 Å². The van der Waals surface area contributed by atoms with E-state index in [0.717, 1.165) is 0 Å². The van der Waals surface area contributed by atoms with Crippen LogP contribution >= 0.6 is 0 Å². The van der Waals surface area contributed by atoms with Gasteiger partial charge in [-0.25, -0.2) is 8.42 Å². The van der Waals surface area contributed by atoms with Gasteiger partial charge in [-0.05, 0) is 50.1 Å². The Hall–Kier alpha value is -3.00. The van der Waals surface area contributed by atoms with Gasteiger partial charge in [-0.3, -0.25) is 14.4 Å². The number of nitrogens with zero attached hydrogens (tertiary/aromatic N) is 1. The highest BCUT2D eigenvalue weighted by Crippen LogP contribution is 2.35. The summed E-state index contributed by atoms with van der Waals surface area (Å²) >= 11 is 0. The number of carbonyl (C=O) groups is 3. The summed E-state index contributed by atoms with van der Waals surface area (Å²) in [5.41, 5.74) is 0.375. The lowest BCUT2D eigenvalue weighted by molar-refractivity contribution is -0.149. The van der Waals surface area contributed by atoms with Crippen LogP contribution in [0.1, 0.15) is 46.0 Å². The molecule has 30 heavy (non-hydrogen) atoms. The molecule has 4 rings (SSSR count). The maximum absolute atomic E-state index is 13.1. The molecule has 1 fully saturated rings. The Kier molecular flexibility index (Phi) is 5.19. The molecular formula is C22H21NO6S. The Balaban J connectivity index is 1.66. The van der Waals surface area contributed by atoms with Crippen LogP contribution in [-0.4, -0.2) is 50.7 Å². The van der Waals surface area contributed by atoms with Crippen LogP contribution in [0.2, 0.25) is 0 Å². The molecule has 156 valence electrons. The summed E-state index contributed by atoms with van der Waals surface area (Å²) in [7, 11) is -3.92. The van der Waals surface area contributed by atoms with Gasteiger partial charge in [0.2, 0.25) is 9.84 Å². The highest BCUT2D eigenvalue weighted by Gasteiger charge is 2.36. The molecule has 2 aromatic rings. The third-order valence-corrected chi connectivity index (χ3v) is 7.36. The SMILES string of the molecule is CCOC(=O)[C@H]1CCCN(C(=O)c2ccc3c(c2)S(=O)(=O)c2ccccc2C3=O)C1. The third-order valence-electron chi connectivity index (χ3n) is 5.51. The summed E-state index contributed by atoms with van der Waals surface area (Å²) in [6, 6.07) is 10.2. The zero-order chi connectivity index (χ0) is 21.5. The Labute approximate surface area is 174 Å². The molecule has 0 aliphatic carbocycles. The van der Waals surface area contributed by atoms with Crippen LogP contribution in [0.4, 0.5) is 0 Å². The standard InChI is InChI=1S/C22H21NO6S/c1-2-29-22(26)15-6-5-11-23(13-15)21(25)14-9-10-17-19(12-14)30(27,28)18-8-4-3-7-16(18)20(17)24/h3-4,7-10,12,15H,2,5-6,11,13H2,1H3/t15-/m0/s1. The molecule has 0 spiro atoms. The summed E-state index contributed by atoms with van der Waals surface area (Å²) in [4.78, 5) is 39.2. The highest BCUT2D eigenvalue weighted by molar-refractivity contribution is 7.91. The quantitative estimate of drug-likeness (QED) is 0.596. The maximum Gasteiger partial charge on any atom is 0.310 e. The minimum absolute atomic E-state index is 0.0487. The summed E-state index contributed by atoms with van der Waals surface area (Å²) in [5, 5.41) is 0. The van der Waals surface area contributed by atoms with Crippen molar-refractivity contribution in [3.63, 3.8) is 0 Å². The largest absolute Gasteiger partial charge is 0.466 e. The number of sulfone groups is 1. The second-order valence-corrected chi connectivity index (χ2v) is 9.27. The zero-order valence-electron chi connectivity index (χ0n) is 16.5. The molecule has 1 atom stereocenters. The fraction of sp³-hybridized carbons (Fsp3) is 0.318. The van der Waals surface area contributed by atoms with Crippen LogP contribution in [-0.2, 0) is 19.4 Å². The van der Waals surface area contributed by atoms with Gasteiger partial charge in [-0.15, -0.1) is 0 Å². The first kappa shape index (κ1) is 20.3. The van der Waals surface area contributed by atoms with Crippen molar-refractivity contribution in [1.29, 1.82) is 0 Å². The van der Waals surface area contributed by atoms with Crippen molar-refractivity contribution in [3.05, 3.63) is 59.2 Å². The van der Waals surface area contributed by atoms with Crippen molar-refractivity contribution < 1.29 is 27.5 Å². The van der Waals surface area contributed by atoms with Crippen molar-refractivity contribution in [2.75, 3.05) is 19.7 Å². The van der Waals surface area contributed by atoms with Gasteiger partial charge < -0.3 is 9.64 Å². The van der Waals surface area contributed by atoms with Gasteiger partial charge in [0.15, 0.2) is 5.78 Å². The number of esters is 1. The average molecular weight is 427 g/mol. The number of amides is 1. The normalized spacial score (nSPS) is 19.6. The number of ketones is 1. The average Bonchev–Trinajstić information content (AvgIpc) is 2.77. The van der Waals surface area contributed by atoms with Crippen LogP contribution in [0.5, 0.6) is 0 Å². The van der Waals surface area contributed by atoms with E-state index in [1.54, 1.807) is 19.1 Å². The molecular weight excluding hydrogens is 406 g/mol. The third kappa shape index (κ3) is 3.31. The molecule has 0 saturated carbocycles. The van der Waals surface area contributed by atoms with Gasteiger partial charge in [0.05, 0.1) is 22.3 Å². The van der Waals surface area contributed by atoms with Gasteiger partial charge in [0, 0.05) is 29.8 Å². The van der Waals surface area contributed by atoms with E-state index >= 15 is 0 Å². The molecule has 0 N–H and O–H groups in total. The predicted octanol–water partition coefficient (Wildman–Crippen LogP) is 2.48. The van der Waals surface area contributed by atoms with Gasteiger partial charge >= 0.3 is 5.97 Å². The van der Waals surface area contributed by atoms with E-state index in [0.29, 0.717) is 19.4 Å². The van der Waals surface area contributed by atoms with E-state index < -0.39 is 15.8 Å². The molecule has 2 aliphatic heterocycles. The van der Waals surface area contributed by atoms with E-state index in [1.807, 2.05) is 0 Å². The highest BCUT2D eigenvalue weighted by atomic mass is 32.2. The van der Waals surface area contributed by atoms with Crippen molar-refractivity contribution in [2.24, 2.45) is 5.92 Å². The Bertz CT molecular complexity index is 1150. The summed E-state index contributed by atoms with van der Waals surface area (Å²) < 4.78 is 31.2. The van der Waals surface area contributed by atoms with Gasteiger partial charge in [0.1, 0.15) is 0 Å². The number of rotatable bonds is 3. The topological polar surface area (TPSA) is 97.8 Å². The first-order chi connectivity index (χ1) is 14.3. The number of likely N-dealkylation sites (tertiary alicyclic amines) is 1. The lowest BCUT2D eigenvalue weighted by Crippen LogP contribution is -2.42. The molecule has 0 bridgehead atoms. The fourth-order valence-corrected chi connectivity index (χ4v) is 5.69. The monoisotopic (exact) mass is 427 g/mol. The predicted molar refractivity (Wildman–Crippen MR) is 107 cm³/mol. The minimum atomic E-state index is -3.92. The number of carbonyl (C=O) groups excluding carboxylic acids is 3. The molecule has 0 unspecified atom stereocenters. The summed E-state index contributed by atoms with van der Waals surface area (Å²) in [6.07, 6.45) is 1.30. The molecule has 2 aliphatic rings. The van der Waals surface area contributed by atoms with Crippen LogP contribution in [0.3, 0.4) is 0 Å². The molecule has 2 heterocycles. The van der Waals surface area contributed by atoms with Gasteiger partial charge in [-0.1, -0.05) is 12.1 Å². The first-order valence-electron chi connectivity index (χ1n) is 9.83. The molecule has 2 aromatic carbocycles. The Morgan fingerprint density at radius 2 is 1.83 bits per heavy atom. The number of fused-ring (bicyclic) bond motifs is 2. The maximum atomic E-state index is 13.1. The van der Waals surface area contributed by atoms with E-state index in [-0.39, 0.29) is 57.3 Å².